The lowest BCUT2D eigenvalue weighted by Crippen LogP contribution is -2.38. The second kappa shape index (κ2) is 6.74. The quantitative estimate of drug-likeness (QED) is 0.636. The van der Waals surface area contributed by atoms with Gasteiger partial charge in [-0.25, -0.2) is 0 Å². The lowest BCUT2D eigenvalue weighted by atomic mass is 10.1. The predicted octanol–water partition coefficient (Wildman–Crippen LogP) is 2.26. The average molecular weight is 355 g/mol. The van der Waals surface area contributed by atoms with Crippen molar-refractivity contribution in [2.75, 3.05) is 0 Å². The zero-order valence-electron chi connectivity index (χ0n) is 15.0. The zero-order valence-corrected chi connectivity index (χ0v) is 15.0. The minimum atomic E-state index is -0.435. The van der Waals surface area contributed by atoms with Gasteiger partial charge in [0.2, 0.25) is 12.3 Å². The van der Waals surface area contributed by atoms with Crippen LogP contribution in [0.1, 0.15) is 60.4 Å². The number of nitrogens with one attached hydrogen (secondary N) is 1. The van der Waals surface area contributed by atoms with Crippen LogP contribution in [-0.2, 0) is 9.59 Å². The van der Waals surface area contributed by atoms with E-state index in [9.17, 15) is 19.2 Å². The van der Waals surface area contributed by atoms with E-state index in [1.807, 2.05) is 17.0 Å². The number of aromatic nitrogens is 1. The van der Waals surface area contributed by atoms with Gasteiger partial charge < -0.3 is 4.57 Å². The van der Waals surface area contributed by atoms with Crippen molar-refractivity contribution in [2.24, 2.45) is 0 Å². The Bertz CT molecular complexity index is 860. The van der Waals surface area contributed by atoms with Crippen molar-refractivity contribution in [1.29, 1.82) is 0 Å². The molecule has 2 aromatic rings. The van der Waals surface area contributed by atoms with Gasteiger partial charge in [-0.15, -0.1) is 0 Å². The number of hydrogen-bond acceptors (Lipinski definition) is 4. The molecule has 1 aromatic heterocycles. The van der Waals surface area contributed by atoms with Gasteiger partial charge in [0.05, 0.1) is 11.1 Å². The van der Waals surface area contributed by atoms with Crippen LogP contribution in [0.5, 0.6) is 0 Å². The molecule has 2 heterocycles. The number of hydrogen-bond donors (Lipinski definition) is 1. The monoisotopic (exact) mass is 355 g/mol. The topological polar surface area (TPSA) is 88.5 Å². The maximum atomic E-state index is 12.7. The molecule has 0 saturated carbocycles. The summed E-state index contributed by atoms with van der Waals surface area (Å²) >= 11 is 0. The average Bonchev–Trinajstić information content (AvgIpc) is 3.11. The molecule has 26 heavy (non-hydrogen) atoms. The molecule has 0 saturated heterocycles. The van der Waals surface area contributed by atoms with Crippen molar-refractivity contribution >= 4 is 34.9 Å². The van der Waals surface area contributed by atoms with E-state index in [-0.39, 0.29) is 24.3 Å². The van der Waals surface area contributed by atoms with Crippen molar-refractivity contribution in [2.45, 2.75) is 45.7 Å². The molecular formula is C19H21N3O4. The molecule has 0 aliphatic carbocycles. The molecule has 4 amide bonds. The van der Waals surface area contributed by atoms with E-state index in [2.05, 4.69) is 19.2 Å². The van der Waals surface area contributed by atoms with Crippen LogP contribution >= 0.6 is 0 Å². The maximum absolute atomic E-state index is 12.7. The van der Waals surface area contributed by atoms with Crippen molar-refractivity contribution < 1.29 is 19.2 Å². The fourth-order valence-corrected chi connectivity index (χ4v) is 3.23. The summed E-state index contributed by atoms with van der Waals surface area (Å²) in [5.41, 5.74) is 0.793. The summed E-state index contributed by atoms with van der Waals surface area (Å²) in [7, 11) is 0. The summed E-state index contributed by atoms with van der Waals surface area (Å²) in [6.07, 6.45) is 4.62. The van der Waals surface area contributed by atoms with Crippen molar-refractivity contribution in [3.05, 3.63) is 35.7 Å². The van der Waals surface area contributed by atoms with E-state index in [1.54, 1.807) is 19.1 Å². The highest BCUT2D eigenvalue weighted by atomic mass is 16.2. The van der Waals surface area contributed by atoms with Crippen LogP contribution < -0.4 is 5.32 Å². The van der Waals surface area contributed by atoms with E-state index in [0.29, 0.717) is 24.0 Å². The SMILES string of the molecule is CC(CCC(=O)NC=O)N1C(=O)c2cc3cn(C(C)C)cc3cc2C1=O. The highest BCUT2D eigenvalue weighted by Crippen LogP contribution is 2.31. The minimum absolute atomic E-state index is 0.0642. The van der Waals surface area contributed by atoms with Gasteiger partial charge in [0.15, 0.2) is 0 Å². The van der Waals surface area contributed by atoms with Gasteiger partial charge in [0, 0.05) is 41.7 Å². The standard InChI is InChI=1S/C19H21N3O4/c1-11(2)21-8-13-6-15-16(7-14(13)9-21)19(26)22(18(15)25)12(3)4-5-17(24)20-10-23/h6-12H,4-5H2,1-3H3,(H,20,23,24). The van der Waals surface area contributed by atoms with Crippen LogP contribution in [-0.4, -0.2) is 39.6 Å². The molecule has 1 unspecified atom stereocenters. The van der Waals surface area contributed by atoms with Crippen LogP contribution in [0.4, 0.5) is 0 Å². The van der Waals surface area contributed by atoms with Crippen LogP contribution in [0.25, 0.3) is 10.8 Å². The lowest BCUT2D eigenvalue weighted by Gasteiger charge is -2.22. The Balaban J connectivity index is 1.85. The molecule has 3 rings (SSSR count). The zero-order chi connectivity index (χ0) is 19.0. The molecule has 0 spiro atoms. The first-order valence-corrected chi connectivity index (χ1v) is 8.59. The first kappa shape index (κ1) is 17.8. The summed E-state index contributed by atoms with van der Waals surface area (Å²) < 4.78 is 2.04. The number of imide groups is 2. The smallest absolute Gasteiger partial charge is 0.261 e. The lowest BCUT2D eigenvalue weighted by molar-refractivity contribution is -0.125. The molecule has 0 bridgehead atoms. The van der Waals surface area contributed by atoms with Gasteiger partial charge >= 0.3 is 0 Å². The van der Waals surface area contributed by atoms with Crippen molar-refractivity contribution in [3.8, 4) is 0 Å². The Hall–Kier alpha value is -2.96. The number of amides is 4. The highest BCUT2D eigenvalue weighted by Gasteiger charge is 2.38. The van der Waals surface area contributed by atoms with Gasteiger partial charge in [-0.1, -0.05) is 0 Å². The minimum Gasteiger partial charge on any atom is -0.351 e. The molecule has 136 valence electrons. The molecule has 7 nitrogen and oxygen atoms in total. The maximum Gasteiger partial charge on any atom is 0.261 e. The third-order valence-corrected chi connectivity index (χ3v) is 4.74. The van der Waals surface area contributed by atoms with E-state index in [0.717, 1.165) is 10.8 Å². The predicted molar refractivity (Wildman–Crippen MR) is 95.7 cm³/mol. The third-order valence-electron chi connectivity index (χ3n) is 4.74. The largest absolute Gasteiger partial charge is 0.351 e. The Morgan fingerprint density at radius 2 is 1.62 bits per heavy atom. The summed E-state index contributed by atoms with van der Waals surface area (Å²) in [4.78, 5) is 48.4. The molecule has 1 atom stereocenters. The first-order chi connectivity index (χ1) is 12.3. The summed E-state index contributed by atoms with van der Waals surface area (Å²) in [5.74, 6) is -1.11. The summed E-state index contributed by atoms with van der Waals surface area (Å²) in [6.45, 7) is 5.85. The van der Waals surface area contributed by atoms with Crippen LogP contribution in [0.2, 0.25) is 0 Å². The molecule has 1 aliphatic rings. The Kier molecular flexibility index (Phi) is 4.63. The highest BCUT2D eigenvalue weighted by molar-refractivity contribution is 6.23. The number of fused-ring (bicyclic) bond motifs is 2. The Morgan fingerprint density at radius 1 is 1.08 bits per heavy atom. The van der Waals surface area contributed by atoms with Gasteiger partial charge in [-0.3, -0.25) is 29.4 Å². The van der Waals surface area contributed by atoms with E-state index >= 15 is 0 Å². The second-order valence-corrected chi connectivity index (χ2v) is 6.88. The summed E-state index contributed by atoms with van der Waals surface area (Å²) in [5, 5.41) is 3.88. The van der Waals surface area contributed by atoms with Gasteiger partial charge in [0.1, 0.15) is 0 Å². The van der Waals surface area contributed by atoms with Gasteiger partial charge in [-0.05, 0) is 39.3 Å². The fourth-order valence-electron chi connectivity index (χ4n) is 3.23. The molecule has 0 radical (unpaired) electrons. The van der Waals surface area contributed by atoms with E-state index in [4.69, 9.17) is 0 Å². The number of carbonyl (C=O) groups is 4. The summed E-state index contributed by atoms with van der Waals surface area (Å²) in [6, 6.07) is 3.37. The van der Waals surface area contributed by atoms with Crippen molar-refractivity contribution in [3.63, 3.8) is 0 Å². The van der Waals surface area contributed by atoms with Crippen molar-refractivity contribution in [1.82, 2.24) is 14.8 Å². The number of nitrogens with zero attached hydrogens (tertiary/aromatic N) is 2. The first-order valence-electron chi connectivity index (χ1n) is 8.59. The number of benzene rings is 1. The molecular weight excluding hydrogens is 334 g/mol. The normalized spacial score (nSPS) is 14.8. The molecule has 1 N–H and O–H groups in total. The van der Waals surface area contributed by atoms with Crippen LogP contribution in [0, 0.1) is 0 Å². The van der Waals surface area contributed by atoms with E-state index in [1.165, 1.54) is 4.90 Å². The molecule has 0 fully saturated rings. The Morgan fingerprint density at radius 3 is 2.08 bits per heavy atom. The molecule has 7 heteroatoms. The fraction of sp³-hybridized carbons (Fsp3) is 0.368. The molecule has 1 aliphatic heterocycles. The third kappa shape index (κ3) is 3.00. The second-order valence-electron chi connectivity index (χ2n) is 6.88. The number of rotatable bonds is 6. The van der Waals surface area contributed by atoms with Gasteiger partial charge in [0.25, 0.3) is 11.8 Å². The molecule has 1 aromatic carbocycles. The van der Waals surface area contributed by atoms with Gasteiger partial charge in [-0.2, -0.15) is 0 Å². The van der Waals surface area contributed by atoms with Crippen LogP contribution in [0.15, 0.2) is 24.5 Å². The van der Waals surface area contributed by atoms with E-state index < -0.39 is 11.9 Å². The van der Waals surface area contributed by atoms with Crippen LogP contribution in [0.3, 0.4) is 0 Å². The Labute approximate surface area is 150 Å². The number of carbonyl (C=O) groups excluding carboxylic acids is 4.